The molecule has 25 heavy (non-hydrogen) atoms. The van der Waals surface area contributed by atoms with Crippen molar-refractivity contribution in [2.24, 2.45) is 5.92 Å². The van der Waals surface area contributed by atoms with Crippen LogP contribution >= 0.6 is 15.9 Å². The van der Waals surface area contributed by atoms with Gasteiger partial charge in [-0.15, -0.1) is 0 Å². The lowest BCUT2D eigenvalue weighted by molar-refractivity contribution is -0.182. The molecule has 0 atom stereocenters. The van der Waals surface area contributed by atoms with E-state index >= 15 is 0 Å². The summed E-state index contributed by atoms with van der Waals surface area (Å²) in [5.74, 6) is -2.42. The van der Waals surface area contributed by atoms with E-state index in [-0.39, 0.29) is 41.8 Å². The minimum Gasteiger partial charge on any atom is -0.515 e. The highest BCUT2D eigenvalue weighted by atomic mass is 79.9. The molecule has 0 unspecified atom stereocenters. The van der Waals surface area contributed by atoms with Gasteiger partial charge < -0.3 is 10.4 Å². The molecule has 0 aliphatic heterocycles. The van der Waals surface area contributed by atoms with E-state index in [1.165, 1.54) is 12.1 Å². The number of amides is 1. The van der Waals surface area contributed by atoms with Crippen LogP contribution in [0, 0.1) is 18.7 Å². The minimum absolute atomic E-state index is 0.0340. The number of hydrogen-bond donors (Lipinski definition) is 2. The van der Waals surface area contributed by atoms with Gasteiger partial charge in [0.2, 0.25) is 0 Å². The predicted octanol–water partition coefficient (Wildman–Crippen LogP) is 5.03. The summed E-state index contributed by atoms with van der Waals surface area (Å²) >= 11 is 3.03. The Hall–Kier alpha value is -1.57. The van der Waals surface area contributed by atoms with Crippen LogP contribution in [0.3, 0.4) is 0 Å². The zero-order valence-electron chi connectivity index (χ0n) is 13.5. The maximum absolute atomic E-state index is 13.5. The first-order valence-electron chi connectivity index (χ1n) is 7.81. The summed E-state index contributed by atoms with van der Waals surface area (Å²) in [4.78, 5) is 12.4. The molecule has 0 spiro atoms. The van der Waals surface area contributed by atoms with E-state index in [0.717, 1.165) is 0 Å². The first kappa shape index (κ1) is 19.8. The number of benzene rings is 1. The molecule has 1 aliphatic carbocycles. The van der Waals surface area contributed by atoms with Crippen molar-refractivity contribution in [2.45, 2.75) is 44.8 Å². The Morgan fingerprint density at radius 3 is 2.40 bits per heavy atom. The third-order valence-corrected chi connectivity index (χ3v) is 5.06. The quantitative estimate of drug-likeness (QED) is 0.406. The van der Waals surface area contributed by atoms with Gasteiger partial charge in [0.05, 0.1) is 22.2 Å². The molecule has 1 saturated carbocycles. The van der Waals surface area contributed by atoms with Crippen LogP contribution in [0.15, 0.2) is 22.9 Å². The van der Waals surface area contributed by atoms with Crippen molar-refractivity contribution in [1.29, 1.82) is 0 Å². The van der Waals surface area contributed by atoms with Crippen molar-refractivity contribution >= 4 is 27.4 Å². The fourth-order valence-corrected chi connectivity index (χ4v) is 3.36. The molecule has 8 heteroatoms. The average molecular weight is 424 g/mol. The lowest BCUT2D eigenvalue weighted by Crippen LogP contribution is -2.40. The number of alkyl halides is 3. The van der Waals surface area contributed by atoms with Crippen molar-refractivity contribution in [3.63, 3.8) is 0 Å². The Kier molecular flexibility index (Phi) is 6.13. The van der Waals surface area contributed by atoms with Gasteiger partial charge in [-0.3, -0.25) is 4.79 Å². The highest BCUT2D eigenvalue weighted by molar-refractivity contribution is 9.10. The summed E-state index contributed by atoms with van der Waals surface area (Å²) in [5.41, 5.74) is 0.741. The van der Waals surface area contributed by atoms with E-state index in [1.807, 2.05) is 0 Å². The highest BCUT2D eigenvalue weighted by Gasteiger charge is 2.41. The largest absolute Gasteiger partial charge is 0.515 e. The van der Waals surface area contributed by atoms with Crippen LogP contribution in [0.1, 0.15) is 36.8 Å². The van der Waals surface area contributed by atoms with E-state index in [9.17, 15) is 27.5 Å². The maximum Gasteiger partial charge on any atom is 0.391 e. The van der Waals surface area contributed by atoms with Gasteiger partial charge in [0, 0.05) is 6.04 Å². The predicted molar refractivity (Wildman–Crippen MR) is 89.4 cm³/mol. The Labute approximate surface area is 151 Å². The normalized spacial score (nSPS) is 21.9. The van der Waals surface area contributed by atoms with E-state index < -0.39 is 23.8 Å². The molecule has 0 saturated heterocycles. The minimum atomic E-state index is -4.21. The monoisotopic (exact) mass is 423 g/mol. The summed E-state index contributed by atoms with van der Waals surface area (Å²) in [6, 6.07) is 2.22. The molecule has 2 N–H and O–H groups in total. The number of aliphatic hydroxyl groups excluding tert-OH is 1. The van der Waals surface area contributed by atoms with Gasteiger partial charge in [-0.2, -0.15) is 13.2 Å². The summed E-state index contributed by atoms with van der Waals surface area (Å²) in [5, 5.41) is 12.1. The average Bonchev–Trinajstić information content (AvgIpc) is 2.52. The third kappa shape index (κ3) is 4.74. The van der Waals surface area contributed by atoms with E-state index in [2.05, 4.69) is 21.2 Å². The third-order valence-electron chi connectivity index (χ3n) is 4.46. The van der Waals surface area contributed by atoms with Gasteiger partial charge in [0.1, 0.15) is 5.82 Å². The van der Waals surface area contributed by atoms with Crippen LogP contribution in [-0.2, 0) is 4.79 Å². The molecule has 0 radical (unpaired) electrons. The number of nitrogens with one attached hydrogen (secondary N) is 1. The van der Waals surface area contributed by atoms with Gasteiger partial charge in [-0.25, -0.2) is 4.39 Å². The molecule has 138 valence electrons. The van der Waals surface area contributed by atoms with Crippen molar-refractivity contribution in [3.05, 3.63) is 39.8 Å². The molecule has 1 amide bonds. The van der Waals surface area contributed by atoms with Gasteiger partial charge in [0.25, 0.3) is 5.91 Å². The fraction of sp³-hybridized carbons (Fsp3) is 0.471. The second kappa shape index (κ2) is 7.76. The molecule has 1 fully saturated rings. The molecular weight excluding hydrogens is 406 g/mol. The summed E-state index contributed by atoms with van der Waals surface area (Å²) < 4.78 is 51.7. The molecular formula is C17H18BrF4NO2. The summed E-state index contributed by atoms with van der Waals surface area (Å²) in [6.45, 7) is 1.59. The molecule has 1 aliphatic rings. The van der Waals surface area contributed by atoms with Gasteiger partial charge in [-0.1, -0.05) is 0 Å². The first-order valence-corrected chi connectivity index (χ1v) is 8.60. The molecule has 3 nitrogen and oxygen atoms in total. The van der Waals surface area contributed by atoms with Crippen LogP contribution in [-0.4, -0.2) is 23.2 Å². The summed E-state index contributed by atoms with van der Waals surface area (Å²) in [7, 11) is 0. The van der Waals surface area contributed by atoms with Crippen LogP contribution in [0.5, 0.6) is 0 Å². The van der Waals surface area contributed by atoms with Crippen LogP contribution in [0.25, 0.3) is 5.57 Å². The van der Waals surface area contributed by atoms with Crippen LogP contribution in [0.2, 0.25) is 0 Å². The lowest BCUT2D eigenvalue weighted by atomic mass is 9.85. The SMILES string of the molecule is Cc1cc(F)c(Br)cc1/C(=C\O)C(=O)NC1CCC(C(F)(F)F)CC1. The molecule has 2 rings (SSSR count). The van der Waals surface area contributed by atoms with Crippen molar-refractivity contribution in [1.82, 2.24) is 5.32 Å². The van der Waals surface area contributed by atoms with Crippen LogP contribution in [0.4, 0.5) is 17.6 Å². The van der Waals surface area contributed by atoms with Crippen molar-refractivity contribution < 1.29 is 27.5 Å². The van der Waals surface area contributed by atoms with E-state index in [1.54, 1.807) is 6.92 Å². The maximum atomic E-state index is 13.5. The topological polar surface area (TPSA) is 49.3 Å². The molecule has 0 bridgehead atoms. The Bertz CT molecular complexity index is 680. The number of hydrogen-bond acceptors (Lipinski definition) is 2. The number of carbonyl (C=O) groups is 1. The molecule has 1 aromatic carbocycles. The molecule has 0 heterocycles. The zero-order valence-corrected chi connectivity index (χ0v) is 15.0. The number of aryl methyl sites for hydroxylation is 1. The fourth-order valence-electron chi connectivity index (χ4n) is 3.02. The van der Waals surface area contributed by atoms with Gasteiger partial charge in [0.15, 0.2) is 0 Å². The zero-order chi connectivity index (χ0) is 18.8. The Morgan fingerprint density at radius 2 is 1.88 bits per heavy atom. The summed E-state index contributed by atoms with van der Waals surface area (Å²) in [6.07, 6.45) is -3.20. The molecule has 0 aromatic heterocycles. The van der Waals surface area contributed by atoms with Crippen molar-refractivity contribution in [2.75, 3.05) is 0 Å². The second-order valence-corrected chi connectivity index (χ2v) is 7.04. The number of halogens is 5. The van der Waals surface area contributed by atoms with Crippen molar-refractivity contribution in [3.8, 4) is 0 Å². The number of aliphatic hydroxyl groups is 1. The smallest absolute Gasteiger partial charge is 0.391 e. The van der Waals surface area contributed by atoms with E-state index in [4.69, 9.17) is 0 Å². The Balaban J connectivity index is 2.06. The highest BCUT2D eigenvalue weighted by Crippen LogP contribution is 2.37. The first-order chi connectivity index (χ1) is 11.6. The van der Waals surface area contributed by atoms with Crippen LogP contribution < -0.4 is 5.32 Å². The standard InChI is InChI=1S/C17H18BrF4NO2/c1-9-6-15(19)14(18)7-12(9)13(8-24)16(25)23-11-4-2-10(3-5-11)17(20,21)22/h6-8,10-11,24H,2-5H2,1H3,(H,23,25)/b13-8+. The Morgan fingerprint density at radius 1 is 1.28 bits per heavy atom. The number of rotatable bonds is 3. The second-order valence-electron chi connectivity index (χ2n) is 6.19. The molecule has 1 aromatic rings. The van der Waals surface area contributed by atoms with Gasteiger partial charge in [-0.05, 0) is 71.8 Å². The van der Waals surface area contributed by atoms with Gasteiger partial charge >= 0.3 is 6.18 Å². The van der Waals surface area contributed by atoms with E-state index in [0.29, 0.717) is 17.4 Å². The number of carbonyl (C=O) groups excluding carboxylic acids is 1. The lowest BCUT2D eigenvalue weighted by Gasteiger charge is -2.30.